The molecule has 3 rings (SSSR count). The predicted octanol–water partition coefficient (Wildman–Crippen LogP) is 3.44. The number of rotatable bonds is 6. The molecule has 0 saturated heterocycles. The van der Waals surface area contributed by atoms with E-state index < -0.39 is 0 Å². The maximum absolute atomic E-state index is 12.1. The number of hydrogen-bond donors (Lipinski definition) is 2. The molecular weight excluding hydrogens is 306 g/mol. The highest BCUT2D eigenvalue weighted by Crippen LogP contribution is 2.27. The van der Waals surface area contributed by atoms with Crippen LogP contribution in [0, 0.1) is 0 Å². The molecule has 0 radical (unpaired) electrons. The van der Waals surface area contributed by atoms with Gasteiger partial charge in [0, 0.05) is 17.2 Å². The Hall–Kier alpha value is -1.78. The van der Waals surface area contributed by atoms with Gasteiger partial charge in [-0.2, -0.15) is 0 Å². The van der Waals surface area contributed by atoms with Gasteiger partial charge < -0.3 is 10.4 Å². The quantitative estimate of drug-likeness (QED) is 0.799. The normalized spacial score (nSPS) is 12.9. The topological polar surface area (TPSA) is 49.3 Å². The fourth-order valence-corrected chi connectivity index (χ4v) is 3.63. The van der Waals surface area contributed by atoms with Gasteiger partial charge in [0.25, 0.3) is 0 Å². The number of fused-ring (bicyclic) bond motifs is 1. The van der Waals surface area contributed by atoms with Crippen molar-refractivity contribution in [1.82, 2.24) is 0 Å². The van der Waals surface area contributed by atoms with Gasteiger partial charge in [-0.25, -0.2) is 0 Å². The molecule has 23 heavy (non-hydrogen) atoms. The van der Waals surface area contributed by atoms with Crippen LogP contribution in [0.4, 0.5) is 5.69 Å². The van der Waals surface area contributed by atoms with Crippen molar-refractivity contribution in [1.29, 1.82) is 0 Å². The SMILES string of the molecule is O=C(CSc1ccc2c(c1)CCC2)Nc1ccc(CCO)cc1. The van der Waals surface area contributed by atoms with E-state index in [1.165, 1.54) is 28.9 Å². The number of benzene rings is 2. The minimum atomic E-state index is 0.00501. The molecule has 1 aliphatic carbocycles. The van der Waals surface area contributed by atoms with Crippen LogP contribution in [0.15, 0.2) is 47.4 Å². The van der Waals surface area contributed by atoms with Gasteiger partial charge in [0.15, 0.2) is 0 Å². The average Bonchev–Trinajstić information content (AvgIpc) is 3.03. The predicted molar refractivity (Wildman–Crippen MR) is 95.1 cm³/mol. The second kappa shape index (κ2) is 7.66. The number of thioether (sulfide) groups is 1. The van der Waals surface area contributed by atoms with Gasteiger partial charge in [-0.1, -0.05) is 18.2 Å². The van der Waals surface area contributed by atoms with E-state index in [1.54, 1.807) is 11.8 Å². The third kappa shape index (κ3) is 4.36. The van der Waals surface area contributed by atoms with Gasteiger partial charge in [-0.05, 0) is 66.6 Å². The summed E-state index contributed by atoms with van der Waals surface area (Å²) < 4.78 is 0. The molecule has 0 aliphatic heterocycles. The summed E-state index contributed by atoms with van der Waals surface area (Å²) in [4.78, 5) is 13.2. The van der Waals surface area contributed by atoms with E-state index in [1.807, 2.05) is 24.3 Å². The number of aryl methyl sites for hydroxylation is 2. The Morgan fingerprint density at radius 2 is 1.87 bits per heavy atom. The summed E-state index contributed by atoms with van der Waals surface area (Å²) in [5.41, 5.74) is 4.76. The molecule has 4 heteroatoms. The van der Waals surface area contributed by atoms with E-state index in [0.717, 1.165) is 17.7 Å². The largest absolute Gasteiger partial charge is 0.396 e. The zero-order valence-electron chi connectivity index (χ0n) is 13.0. The molecular formula is C19H21NO2S. The van der Waals surface area contributed by atoms with Crippen LogP contribution in [-0.2, 0) is 24.1 Å². The molecule has 0 heterocycles. The van der Waals surface area contributed by atoms with Gasteiger partial charge in [-0.3, -0.25) is 4.79 Å². The van der Waals surface area contributed by atoms with Gasteiger partial charge >= 0.3 is 0 Å². The van der Waals surface area contributed by atoms with Gasteiger partial charge in [0.1, 0.15) is 0 Å². The molecule has 0 spiro atoms. The zero-order valence-corrected chi connectivity index (χ0v) is 13.9. The molecule has 1 aliphatic rings. The first-order valence-corrected chi connectivity index (χ1v) is 8.97. The molecule has 0 bridgehead atoms. The molecule has 3 nitrogen and oxygen atoms in total. The number of aliphatic hydroxyl groups excluding tert-OH is 1. The standard InChI is InChI=1S/C19H21NO2S/c21-11-10-14-4-7-17(8-5-14)20-19(22)13-23-18-9-6-15-2-1-3-16(15)12-18/h4-9,12,21H,1-3,10-11,13H2,(H,20,22). The molecule has 0 aromatic heterocycles. The van der Waals surface area contributed by atoms with Crippen LogP contribution in [0.1, 0.15) is 23.1 Å². The maximum Gasteiger partial charge on any atom is 0.234 e. The summed E-state index contributed by atoms with van der Waals surface area (Å²) >= 11 is 1.58. The Morgan fingerprint density at radius 1 is 1.09 bits per heavy atom. The van der Waals surface area contributed by atoms with E-state index in [-0.39, 0.29) is 12.5 Å². The Kier molecular flexibility index (Phi) is 5.36. The molecule has 2 N–H and O–H groups in total. The monoisotopic (exact) mass is 327 g/mol. The first-order valence-electron chi connectivity index (χ1n) is 7.99. The van der Waals surface area contributed by atoms with Crippen LogP contribution in [0.3, 0.4) is 0 Å². The molecule has 0 saturated carbocycles. The van der Waals surface area contributed by atoms with Crippen LogP contribution in [-0.4, -0.2) is 23.4 Å². The van der Waals surface area contributed by atoms with E-state index >= 15 is 0 Å². The van der Waals surface area contributed by atoms with Gasteiger partial charge in [0.2, 0.25) is 5.91 Å². The first-order chi connectivity index (χ1) is 11.2. The molecule has 0 fully saturated rings. The minimum absolute atomic E-state index is 0.00501. The van der Waals surface area contributed by atoms with Crippen molar-refractivity contribution in [2.75, 3.05) is 17.7 Å². The summed E-state index contributed by atoms with van der Waals surface area (Å²) in [6.07, 6.45) is 4.24. The third-order valence-corrected chi connectivity index (χ3v) is 5.07. The smallest absolute Gasteiger partial charge is 0.234 e. The number of carbonyl (C=O) groups is 1. The van der Waals surface area contributed by atoms with E-state index in [2.05, 4.69) is 23.5 Å². The zero-order chi connectivity index (χ0) is 16.1. The summed E-state index contributed by atoms with van der Waals surface area (Å²) in [5.74, 6) is 0.419. The lowest BCUT2D eigenvalue weighted by Gasteiger charge is -2.07. The number of carbonyl (C=O) groups excluding carboxylic acids is 1. The number of nitrogens with one attached hydrogen (secondary N) is 1. The molecule has 0 atom stereocenters. The van der Waals surface area contributed by atoms with Crippen LogP contribution < -0.4 is 5.32 Å². The van der Waals surface area contributed by atoms with Gasteiger partial charge in [0.05, 0.1) is 5.75 Å². The Labute approximate surface area is 141 Å². The van der Waals surface area contributed by atoms with Crippen molar-refractivity contribution in [3.63, 3.8) is 0 Å². The highest BCUT2D eigenvalue weighted by Gasteiger charge is 2.11. The molecule has 2 aromatic carbocycles. The van der Waals surface area contributed by atoms with Crippen LogP contribution in [0.2, 0.25) is 0 Å². The van der Waals surface area contributed by atoms with Crippen molar-refractivity contribution in [3.05, 3.63) is 59.2 Å². The Bertz CT molecular complexity index is 682. The van der Waals surface area contributed by atoms with Crippen molar-refractivity contribution < 1.29 is 9.90 Å². The lowest BCUT2D eigenvalue weighted by atomic mass is 10.1. The maximum atomic E-state index is 12.1. The first kappa shape index (κ1) is 16.1. The number of amides is 1. The number of anilines is 1. The summed E-state index contributed by atoms with van der Waals surface area (Å²) in [7, 11) is 0. The second-order valence-electron chi connectivity index (χ2n) is 5.79. The van der Waals surface area contributed by atoms with E-state index in [9.17, 15) is 4.79 Å². The number of aliphatic hydroxyl groups is 1. The van der Waals surface area contributed by atoms with Crippen molar-refractivity contribution in [2.24, 2.45) is 0 Å². The van der Waals surface area contributed by atoms with Crippen molar-refractivity contribution >= 4 is 23.4 Å². The van der Waals surface area contributed by atoms with Gasteiger partial charge in [-0.15, -0.1) is 11.8 Å². The van der Waals surface area contributed by atoms with E-state index in [0.29, 0.717) is 12.2 Å². The summed E-state index contributed by atoms with van der Waals surface area (Å²) in [6.45, 7) is 0.142. The van der Waals surface area contributed by atoms with Crippen LogP contribution >= 0.6 is 11.8 Å². The fraction of sp³-hybridized carbons (Fsp3) is 0.316. The minimum Gasteiger partial charge on any atom is -0.396 e. The highest BCUT2D eigenvalue weighted by atomic mass is 32.2. The molecule has 2 aromatic rings. The molecule has 1 amide bonds. The lowest BCUT2D eigenvalue weighted by Crippen LogP contribution is -2.14. The number of hydrogen-bond acceptors (Lipinski definition) is 3. The van der Waals surface area contributed by atoms with Crippen LogP contribution in [0.25, 0.3) is 0 Å². The average molecular weight is 327 g/mol. The lowest BCUT2D eigenvalue weighted by molar-refractivity contribution is -0.113. The summed E-state index contributed by atoms with van der Waals surface area (Å²) in [5, 5.41) is 11.8. The summed E-state index contributed by atoms with van der Waals surface area (Å²) in [6, 6.07) is 14.2. The highest BCUT2D eigenvalue weighted by molar-refractivity contribution is 8.00. The molecule has 0 unspecified atom stereocenters. The Balaban J connectivity index is 1.51. The Morgan fingerprint density at radius 3 is 2.65 bits per heavy atom. The van der Waals surface area contributed by atoms with E-state index in [4.69, 9.17) is 5.11 Å². The fourth-order valence-electron chi connectivity index (χ4n) is 2.87. The van der Waals surface area contributed by atoms with Crippen molar-refractivity contribution in [2.45, 2.75) is 30.6 Å². The van der Waals surface area contributed by atoms with Crippen LogP contribution in [0.5, 0.6) is 0 Å². The van der Waals surface area contributed by atoms with Crippen molar-refractivity contribution in [3.8, 4) is 0 Å². The third-order valence-electron chi connectivity index (χ3n) is 4.08. The molecule has 120 valence electrons. The second-order valence-corrected chi connectivity index (χ2v) is 6.84.